The van der Waals surface area contributed by atoms with Gasteiger partial charge in [0, 0.05) is 51.3 Å². The Kier molecular flexibility index (Phi) is 23.7. The van der Waals surface area contributed by atoms with Crippen molar-refractivity contribution >= 4 is 58.5 Å². The van der Waals surface area contributed by atoms with Crippen molar-refractivity contribution in [1.29, 1.82) is 0 Å². The maximum absolute atomic E-state index is 14.2. The zero-order valence-corrected chi connectivity index (χ0v) is 41.5. The molecule has 19 nitrogen and oxygen atoms in total. The molecule has 5 amide bonds. The number of aromatic hydroxyl groups is 1. The zero-order chi connectivity index (χ0) is 49.9. The third-order valence-corrected chi connectivity index (χ3v) is 12.5. The molecule has 20 heteroatoms. The highest BCUT2D eigenvalue weighted by Gasteiger charge is 2.39. The fourth-order valence-electron chi connectivity index (χ4n) is 6.70. The molecular formula is C46H73N7O12S. The Hall–Kier alpha value is -5.18. The standard InChI is InChI=1S/C46H73N7O12S/c1-13-28(4)40(51-45(62)46(8,9)52(10)11)43(59)53(12)36(27(2)3)25-38(65-31(7)55)42-50-35(26-66-42)41(58)48-33(22-29(5)44(60)61)23-32-14-15-37(56)34(24-32)49-39(57)16-18-63-20-21-64-19-17-47-30(6)54/h14-15,24,26-29,33,36,38,40,56H,13,16-23,25H2,1-12H3,(H,47,54)(H,48,58)(H,49,57)(H,51,62)(H,60,61)/t28-,29?,33+,36+,38+,40-/m0/s1. The van der Waals surface area contributed by atoms with E-state index in [9.17, 15) is 43.8 Å². The lowest BCUT2D eigenvalue weighted by Crippen LogP contribution is -2.60. The van der Waals surface area contributed by atoms with Crippen LogP contribution in [0, 0.1) is 17.8 Å². The van der Waals surface area contributed by atoms with Gasteiger partial charge >= 0.3 is 11.9 Å². The predicted octanol–water partition coefficient (Wildman–Crippen LogP) is 4.15. The molecule has 6 atom stereocenters. The van der Waals surface area contributed by atoms with E-state index in [1.165, 1.54) is 32.2 Å². The first kappa shape index (κ1) is 56.9. The van der Waals surface area contributed by atoms with Crippen molar-refractivity contribution < 1.29 is 58.0 Å². The lowest BCUT2D eigenvalue weighted by molar-refractivity contribution is -0.149. The van der Waals surface area contributed by atoms with Crippen LogP contribution in [0.15, 0.2) is 23.6 Å². The Balaban J connectivity index is 2.25. The van der Waals surface area contributed by atoms with Crippen LogP contribution in [0.2, 0.25) is 0 Å². The zero-order valence-electron chi connectivity index (χ0n) is 40.6. The van der Waals surface area contributed by atoms with E-state index in [0.717, 1.165) is 11.3 Å². The number of rotatable bonds is 29. The Bertz CT molecular complexity index is 1940. The van der Waals surface area contributed by atoms with Gasteiger partial charge in [0.2, 0.25) is 23.6 Å². The molecule has 0 bridgehead atoms. The molecule has 0 spiro atoms. The van der Waals surface area contributed by atoms with Crippen LogP contribution in [0.5, 0.6) is 5.75 Å². The Morgan fingerprint density at radius 1 is 0.909 bits per heavy atom. The Morgan fingerprint density at radius 2 is 1.56 bits per heavy atom. The fourth-order valence-corrected chi connectivity index (χ4v) is 7.54. The number of nitrogens with zero attached hydrogens (tertiary/aromatic N) is 3. The number of carbonyl (C=O) groups is 7. The Labute approximate surface area is 393 Å². The van der Waals surface area contributed by atoms with Crippen molar-refractivity contribution in [3.8, 4) is 5.75 Å². The SMILES string of the molecule is CC[C@H](C)[C@H](NC(=O)C(C)(C)N(C)C)C(=O)N(C)[C@H](C[C@@H](OC(C)=O)c1nc(C(=O)N[C@@H](Cc2ccc(O)c(NC(=O)CCOCCOCCNC(C)=O)c2)CC(C)C(=O)O)cs1)C(C)C. The number of carbonyl (C=O) groups excluding carboxylic acids is 6. The summed E-state index contributed by atoms with van der Waals surface area (Å²) in [5, 5.41) is 33.3. The van der Waals surface area contributed by atoms with E-state index in [1.807, 2.05) is 27.7 Å². The van der Waals surface area contributed by atoms with Crippen LogP contribution in [0.4, 0.5) is 5.69 Å². The monoisotopic (exact) mass is 948 g/mol. The molecule has 0 fully saturated rings. The summed E-state index contributed by atoms with van der Waals surface area (Å²) >= 11 is 1.10. The van der Waals surface area contributed by atoms with E-state index in [4.69, 9.17) is 14.2 Å². The second-order valence-corrected chi connectivity index (χ2v) is 18.6. The number of nitrogens with one attached hydrogen (secondary N) is 4. The van der Waals surface area contributed by atoms with Crippen LogP contribution in [-0.4, -0.2) is 144 Å². The number of hydrogen-bond acceptors (Lipinski definition) is 14. The van der Waals surface area contributed by atoms with Crippen molar-refractivity contribution in [2.45, 2.75) is 124 Å². The molecule has 1 aromatic heterocycles. The molecule has 1 heterocycles. The van der Waals surface area contributed by atoms with Gasteiger partial charge in [-0.05, 0) is 70.3 Å². The minimum Gasteiger partial charge on any atom is -0.506 e. The lowest BCUT2D eigenvalue weighted by atomic mass is 9.92. The number of carboxylic acids is 1. The van der Waals surface area contributed by atoms with Crippen LogP contribution in [-0.2, 0) is 49.4 Å². The molecule has 0 saturated carbocycles. The highest BCUT2D eigenvalue weighted by Crippen LogP contribution is 2.32. The highest BCUT2D eigenvalue weighted by molar-refractivity contribution is 7.09. The summed E-state index contributed by atoms with van der Waals surface area (Å²) in [6.07, 6.45) is -0.0242. The molecule has 2 aromatic rings. The van der Waals surface area contributed by atoms with E-state index in [2.05, 4.69) is 26.3 Å². The second-order valence-electron chi connectivity index (χ2n) is 17.7. The number of phenols is 1. The van der Waals surface area contributed by atoms with Crippen molar-refractivity contribution in [1.82, 2.24) is 30.7 Å². The van der Waals surface area contributed by atoms with E-state index >= 15 is 0 Å². The minimum absolute atomic E-state index is 0.00569. The molecule has 2 rings (SSSR count). The summed E-state index contributed by atoms with van der Waals surface area (Å²) in [4.78, 5) is 97.4. The summed E-state index contributed by atoms with van der Waals surface area (Å²) in [5.41, 5.74) is -0.170. The highest BCUT2D eigenvalue weighted by atomic mass is 32.1. The van der Waals surface area contributed by atoms with E-state index in [-0.39, 0.29) is 92.2 Å². The number of carboxylic acid groups (broad SMARTS) is 1. The largest absolute Gasteiger partial charge is 0.506 e. The van der Waals surface area contributed by atoms with E-state index in [0.29, 0.717) is 30.1 Å². The van der Waals surface area contributed by atoms with E-state index < -0.39 is 59.4 Å². The molecule has 0 aliphatic heterocycles. The van der Waals surface area contributed by atoms with Crippen LogP contribution in [0.25, 0.3) is 0 Å². The lowest BCUT2D eigenvalue weighted by Gasteiger charge is -2.38. The van der Waals surface area contributed by atoms with Crippen molar-refractivity contribution in [3.05, 3.63) is 39.8 Å². The summed E-state index contributed by atoms with van der Waals surface area (Å²) in [6.45, 7) is 16.8. The summed E-state index contributed by atoms with van der Waals surface area (Å²) in [6, 6.07) is 2.50. The first-order chi connectivity index (χ1) is 30.9. The first-order valence-electron chi connectivity index (χ1n) is 22.3. The smallest absolute Gasteiger partial charge is 0.306 e. The summed E-state index contributed by atoms with van der Waals surface area (Å²) in [5.74, 6) is -4.79. The third-order valence-electron chi connectivity index (χ3n) is 11.5. The number of amides is 5. The van der Waals surface area contributed by atoms with Gasteiger partial charge in [-0.2, -0.15) is 0 Å². The number of anilines is 1. The quantitative estimate of drug-likeness (QED) is 0.0381. The molecule has 0 radical (unpaired) electrons. The van der Waals surface area contributed by atoms with Gasteiger partial charge in [-0.15, -0.1) is 11.3 Å². The molecule has 1 aromatic carbocycles. The average molecular weight is 948 g/mol. The number of aliphatic carboxylic acids is 1. The molecular weight excluding hydrogens is 875 g/mol. The van der Waals surface area contributed by atoms with Crippen LogP contribution in [0.3, 0.4) is 0 Å². The molecule has 66 heavy (non-hydrogen) atoms. The number of esters is 1. The maximum atomic E-state index is 14.2. The van der Waals surface area contributed by atoms with Crippen molar-refractivity contribution in [3.63, 3.8) is 0 Å². The van der Waals surface area contributed by atoms with Gasteiger partial charge in [0.25, 0.3) is 5.91 Å². The van der Waals surface area contributed by atoms with Gasteiger partial charge in [0.05, 0.1) is 50.0 Å². The summed E-state index contributed by atoms with van der Waals surface area (Å²) in [7, 11) is 5.25. The van der Waals surface area contributed by atoms with Gasteiger partial charge in [-0.3, -0.25) is 38.5 Å². The molecule has 0 aliphatic carbocycles. The van der Waals surface area contributed by atoms with Gasteiger partial charge in [-0.25, -0.2) is 4.98 Å². The van der Waals surface area contributed by atoms with Gasteiger partial charge < -0.3 is 50.6 Å². The number of hydrogen-bond donors (Lipinski definition) is 6. The second kappa shape index (κ2) is 27.5. The molecule has 0 saturated heterocycles. The van der Waals surface area contributed by atoms with Crippen molar-refractivity contribution in [2.24, 2.45) is 17.8 Å². The van der Waals surface area contributed by atoms with E-state index in [1.54, 1.807) is 56.9 Å². The number of likely N-dealkylation sites (N-methyl/N-ethyl adjacent to an activating group) is 2. The van der Waals surface area contributed by atoms with Crippen molar-refractivity contribution in [2.75, 3.05) is 59.4 Å². The number of ether oxygens (including phenoxy) is 3. The maximum Gasteiger partial charge on any atom is 0.306 e. The number of phenolic OH excluding ortho intramolecular Hbond substituents is 1. The van der Waals surface area contributed by atoms with Gasteiger partial charge in [-0.1, -0.05) is 47.1 Å². The predicted molar refractivity (Wildman–Crippen MR) is 250 cm³/mol. The van der Waals surface area contributed by atoms with Crippen LogP contribution in [0.1, 0.15) is 115 Å². The normalized spacial score (nSPS) is 14.3. The minimum atomic E-state index is -1.06. The first-order valence-corrected chi connectivity index (χ1v) is 23.2. The molecule has 1 unspecified atom stereocenters. The number of benzene rings is 1. The number of thiazole rings is 1. The fraction of sp³-hybridized carbons (Fsp3) is 0.652. The average Bonchev–Trinajstić information content (AvgIpc) is 3.74. The van der Waals surface area contributed by atoms with Crippen LogP contribution < -0.4 is 21.3 Å². The third kappa shape index (κ3) is 18.6. The van der Waals surface area contributed by atoms with Crippen LogP contribution >= 0.6 is 11.3 Å². The molecule has 0 aliphatic rings. The molecule has 6 N–H and O–H groups in total. The Morgan fingerprint density at radius 3 is 2.14 bits per heavy atom. The summed E-state index contributed by atoms with van der Waals surface area (Å²) < 4.78 is 16.6. The number of aromatic nitrogens is 1. The topological polar surface area (TPSA) is 255 Å². The van der Waals surface area contributed by atoms with Gasteiger partial charge in [0.1, 0.15) is 22.5 Å². The molecule has 370 valence electrons. The van der Waals surface area contributed by atoms with Gasteiger partial charge in [0.15, 0.2) is 6.10 Å².